The van der Waals surface area contributed by atoms with Crippen LogP contribution in [0.2, 0.25) is 0 Å². The van der Waals surface area contributed by atoms with Gasteiger partial charge in [-0.1, -0.05) is 12.1 Å². The maximum Gasteiger partial charge on any atom is 0.225 e. The topological polar surface area (TPSA) is 69.5 Å². The summed E-state index contributed by atoms with van der Waals surface area (Å²) in [6.45, 7) is 7.94. The Kier molecular flexibility index (Phi) is 6.66. The van der Waals surface area contributed by atoms with Crippen molar-refractivity contribution in [3.8, 4) is 17.2 Å². The zero-order valence-electron chi connectivity index (χ0n) is 19.8. The predicted octanol–water partition coefficient (Wildman–Crippen LogP) is 4.33. The van der Waals surface area contributed by atoms with Crippen molar-refractivity contribution in [3.63, 3.8) is 0 Å². The molecular formula is C26H31FN4O2. The number of amides is 1. The number of hydrogen-bond acceptors (Lipinski definition) is 5. The van der Waals surface area contributed by atoms with E-state index in [1.54, 1.807) is 26.2 Å². The summed E-state index contributed by atoms with van der Waals surface area (Å²) < 4.78 is 19.4. The van der Waals surface area contributed by atoms with Crippen LogP contribution >= 0.6 is 0 Å². The van der Waals surface area contributed by atoms with Gasteiger partial charge in [0.2, 0.25) is 5.91 Å². The molecule has 1 aromatic carbocycles. The van der Waals surface area contributed by atoms with Crippen LogP contribution < -0.4 is 4.90 Å². The van der Waals surface area contributed by atoms with Gasteiger partial charge >= 0.3 is 0 Å². The summed E-state index contributed by atoms with van der Waals surface area (Å²) in [6, 6.07) is 7.62. The van der Waals surface area contributed by atoms with E-state index in [1.165, 1.54) is 0 Å². The Hall–Kier alpha value is -2.98. The van der Waals surface area contributed by atoms with Crippen LogP contribution in [0.3, 0.4) is 0 Å². The third kappa shape index (κ3) is 4.58. The molecule has 0 N–H and O–H groups in total. The van der Waals surface area contributed by atoms with E-state index in [2.05, 4.69) is 11.0 Å². The van der Waals surface area contributed by atoms with Crippen LogP contribution in [0.5, 0.6) is 0 Å². The number of hydrogen-bond donors (Lipinski definition) is 0. The zero-order chi connectivity index (χ0) is 23.7. The van der Waals surface area contributed by atoms with Gasteiger partial charge in [0.1, 0.15) is 17.7 Å². The molecule has 2 fully saturated rings. The van der Waals surface area contributed by atoms with Gasteiger partial charge in [-0.2, -0.15) is 5.26 Å². The fourth-order valence-electron chi connectivity index (χ4n) is 4.69. The lowest BCUT2D eigenvalue weighted by molar-refractivity contribution is -0.134. The first kappa shape index (κ1) is 23.2. The highest BCUT2D eigenvalue weighted by atomic mass is 19.1. The maximum absolute atomic E-state index is 14.4. The van der Waals surface area contributed by atoms with E-state index in [0.29, 0.717) is 55.5 Å². The van der Waals surface area contributed by atoms with Gasteiger partial charge in [0.25, 0.3) is 0 Å². The lowest BCUT2D eigenvalue weighted by atomic mass is 9.92. The van der Waals surface area contributed by atoms with Gasteiger partial charge in [0, 0.05) is 44.3 Å². The molecule has 1 aliphatic carbocycles. The number of nitrogens with zero attached hydrogens (tertiary/aromatic N) is 4. The lowest BCUT2D eigenvalue weighted by Crippen LogP contribution is -2.54. The van der Waals surface area contributed by atoms with E-state index in [4.69, 9.17) is 9.72 Å². The van der Waals surface area contributed by atoms with Crippen molar-refractivity contribution in [1.29, 1.82) is 5.26 Å². The second kappa shape index (κ2) is 9.48. The molecule has 2 aliphatic rings. The van der Waals surface area contributed by atoms with E-state index in [1.807, 2.05) is 24.8 Å². The number of aryl methyl sites for hydroxylation is 1. The molecule has 4 rings (SSSR count). The van der Waals surface area contributed by atoms with Gasteiger partial charge in [-0.05, 0) is 56.4 Å². The summed E-state index contributed by atoms with van der Waals surface area (Å²) >= 11 is 0. The maximum atomic E-state index is 14.4. The van der Waals surface area contributed by atoms with Crippen LogP contribution in [-0.4, -0.2) is 55.2 Å². The first-order valence-corrected chi connectivity index (χ1v) is 11.6. The van der Waals surface area contributed by atoms with Gasteiger partial charge in [-0.25, -0.2) is 9.37 Å². The molecule has 2 heterocycles. The van der Waals surface area contributed by atoms with Crippen LogP contribution in [0.15, 0.2) is 18.2 Å². The molecule has 1 unspecified atom stereocenters. The molecule has 7 heteroatoms. The summed E-state index contributed by atoms with van der Waals surface area (Å²) in [5.74, 6) is 0.858. The van der Waals surface area contributed by atoms with Gasteiger partial charge in [-0.15, -0.1) is 0 Å². The van der Waals surface area contributed by atoms with Gasteiger partial charge in [0.05, 0.1) is 24.3 Å². The third-order valence-electron chi connectivity index (χ3n) is 6.76. The van der Waals surface area contributed by atoms with E-state index >= 15 is 0 Å². The highest BCUT2D eigenvalue weighted by Gasteiger charge is 2.34. The number of carbonyl (C=O) groups is 1. The second-order valence-electron chi connectivity index (χ2n) is 9.17. The number of benzene rings is 1. The Morgan fingerprint density at radius 3 is 2.67 bits per heavy atom. The SMILES string of the molecule is COCCC(=O)N1CCN(c2nc(C3CC3)c(-c3ccc(C)c(F)c3)c(C)c2C#N)CC1C. The minimum absolute atomic E-state index is 0.00648. The van der Waals surface area contributed by atoms with Crippen molar-refractivity contribution in [3.05, 3.63) is 46.4 Å². The standard InChI is InChI=1S/C26H31FN4O2/c1-16-5-6-20(13-22(16)27)24-18(3)21(14-28)26(29-25(24)19-7-8-19)30-10-11-31(17(2)15-30)23(32)9-12-33-4/h5-6,13,17,19H,7-12,15H2,1-4H3. The average molecular weight is 451 g/mol. The van der Waals surface area contributed by atoms with Gasteiger partial charge in [0.15, 0.2) is 0 Å². The molecule has 0 radical (unpaired) electrons. The molecule has 0 bridgehead atoms. The van der Waals surface area contributed by atoms with E-state index in [0.717, 1.165) is 35.2 Å². The van der Waals surface area contributed by atoms with E-state index in [-0.39, 0.29) is 17.8 Å². The van der Waals surface area contributed by atoms with Crippen LogP contribution in [0.4, 0.5) is 10.2 Å². The molecule has 1 atom stereocenters. The largest absolute Gasteiger partial charge is 0.384 e. The van der Waals surface area contributed by atoms with Crippen molar-refractivity contribution in [1.82, 2.24) is 9.88 Å². The number of rotatable bonds is 6. The normalized spacial score (nSPS) is 18.4. The quantitative estimate of drug-likeness (QED) is 0.655. The molecule has 6 nitrogen and oxygen atoms in total. The Balaban J connectivity index is 1.70. The van der Waals surface area contributed by atoms with Crippen LogP contribution in [-0.2, 0) is 9.53 Å². The van der Waals surface area contributed by atoms with Crippen LogP contribution in [0.25, 0.3) is 11.1 Å². The Morgan fingerprint density at radius 2 is 2.06 bits per heavy atom. The highest BCUT2D eigenvalue weighted by molar-refractivity contribution is 5.78. The number of anilines is 1. The average Bonchev–Trinajstić information content (AvgIpc) is 3.64. The number of aromatic nitrogens is 1. The van der Waals surface area contributed by atoms with Crippen molar-refractivity contribution >= 4 is 11.7 Å². The number of halogens is 1. The highest BCUT2D eigenvalue weighted by Crippen LogP contribution is 2.46. The lowest BCUT2D eigenvalue weighted by Gasteiger charge is -2.41. The minimum atomic E-state index is -0.251. The van der Waals surface area contributed by atoms with Crippen molar-refractivity contribution < 1.29 is 13.9 Å². The molecule has 174 valence electrons. The molecule has 1 amide bonds. The third-order valence-corrected chi connectivity index (χ3v) is 6.76. The van der Waals surface area contributed by atoms with Crippen molar-refractivity contribution in [2.75, 3.05) is 38.3 Å². The van der Waals surface area contributed by atoms with Gasteiger partial charge < -0.3 is 14.5 Å². The molecule has 1 aromatic heterocycles. The number of carbonyl (C=O) groups excluding carboxylic acids is 1. The van der Waals surface area contributed by atoms with Crippen molar-refractivity contribution in [2.24, 2.45) is 0 Å². The van der Waals surface area contributed by atoms with Gasteiger partial charge in [-0.3, -0.25) is 4.79 Å². The van der Waals surface area contributed by atoms with E-state index < -0.39 is 0 Å². The number of piperazine rings is 1. The van der Waals surface area contributed by atoms with E-state index in [9.17, 15) is 14.4 Å². The monoisotopic (exact) mass is 450 g/mol. The Labute approximate surface area is 195 Å². The summed E-state index contributed by atoms with van der Waals surface area (Å²) in [4.78, 5) is 21.6. The summed E-state index contributed by atoms with van der Waals surface area (Å²) in [6.07, 6.45) is 2.48. The fraction of sp³-hybridized carbons (Fsp3) is 0.500. The fourth-order valence-corrected chi connectivity index (χ4v) is 4.69. The molecule has 33 heavy (non-hydrogen) atoms. The minimum Gasteiger partial charge on any atom is -0.384 e. The first-order chi connectivity index (χ1) is 15.8. The molecule has 1 saturated heterocycles. The summed E-state index contributed by atoms with van der Waals surface area (Å²) in [5, 5.41) is 10.1. The smallest absolute Gasteiger partial charge is 0.225 e. The predicted molar refractivity (Wildman–Crippen MR) is 126 cm³/mol. The molecular weight excluding hydrogens is 419 g/mol. The number of ether oxygens (including phenoxy) is 1. The summed E-state index contributed by atoms with van der Waals surface area (Å²) in [7, 11) is 1.60. The van der Waals surface area contributed by atoms with Crippen molar-refractivity contribution in [2.45, 2.75) is 52.0 Å². The molecule has 0 spiro atoms. The summed E-state index contributed by atoms with van der Waals surface area (Å²) in [5.41, 5.74) is 4.59. The number of pyridine rings is 1. The Morgan fingerprint density at radius 1 is 1.30 bits per heavy atom. The number of nitriles is 1. The zero-order valence-corrected chi connectivity index (χ0v) is 19.8. The second-order valence-corrected chi connectivity index (χ2v) is 9.17. The number of methoxy groups -OCH3 is 1. The Bertz CT molecular complexity index is 1110. The van der Waals surface area contributed by atoms with Crippen LogP contribution in [0, 0.1) is 31.0 Å². The first-order valence-electron chi connectivity index (χ1n) is 11.6. The van der Waals surface area contributed by atoms with Crippen LogP contribution in [0.1, 0.15) is 54.5 Å². The molecule has 2 aromatic rings. The molecule has 1 aliphatic heterocycles. The molecule has 1 saturated carbocycles.